The lowest BCUT2D eigenvalue weighted by atomic mass is 9.88. The van der Waals surface area contributed by atoms with Crippen LogP contribution in [0.25, 0.3) is 0 Å². The molecule has 19 heavy (non-hydrogen) atoms. The van der Waals surface area contributed by atoms with Gasteiger partial charge in [0.1, 0.15) is 0 Å². The number of hydrogen-bond donors (Lipinski definition) is 1. The van der Waals surface area contributed by atoms with Crippen molar-refractivity contribution in [2.45, 2.75) is 32.6 Å². The average Bonchev–Trinajstić information content (AvgIpc) is 3.01. The summed E-state index contributed by atoms with van der Waals surface area (Å²) in [5.74, 6) is 1.69. The van der Waals surface area contributed by atoms with E-state index >= 15 is 0 Å². The summed E-state index contributed by atoms with van der Waals surface area (Å²) in [5, 5.41) is 2.97. The Morgan fingerprint density at radius 2 is 2.05 bits per heavy atom. The molecule has 0 spiro atoms. The van der Waals surface area contributed by atoms with Gasteiger partial charge in [0.05, 0.1) is 0 Å². The first-order chi connectivity index (χ1) is 9.13. The zero-order chi connectivity index (χ0) is 13.4. The van der Waals surface area contributed by atoms with Crippen molar-refractivity contribution < 1.29 is 9.59 Å². The van der Waals surface area contributed by atoms with E-state index in [-0.39, 0.29) is 17.6 Å². The van der Waals surface area contributed by atoms with Crippen LogP contribution in [-0.4, -0.2) is 11.7 Å². The molecular formula is C16H19NO2. The van der Waals surface area contributed by atoms with Crippen molar-refractivity contribution >= 4 is 17.4 Å². The molecule has 3 nitrogen and oxygen atoms in total. The number of Topliss-reactive ketones (excluding diaryl/α,β-unsaturated/α-hetero) is 1. The van der Waals surface area contributed by atoms with E-state index in [1.807, 2.05) is 12.1 Å². The number of benzene rings is 1. The van der Waals surface area contributed by atoms with Crippen molar-refractivity contribution in [3.63, 3.8) is 0 Å². The first kappa shape index (κ1) is 12.4. The van der Waals surface area contributed by atoms with Gasteiger partial charge < -0.3 is 5.32 Å². The van der Waals surface area contributed by atoms with Crippen molar-refractivity contribution in [3.8, 4) is 0 Å². The number of ketones is 1. The highest BCUT2D eigenvalue weighted by Gasteiger charge is 2.42. The monoisotopic (exact) mass is 257 g/mol. The summed E-state index contributed by atoms with van der Waals surface area (Å²) >= 11 is 0. The van der Waals surface area contributed by atoms with Gasteiger partial charge in [0.25, 0.3) is 0 Å². The molecular weight excluding hydrogens is 238 g/mol. The van der Waals surface area contributed by atoms with Crippen LogP contribution in [0.2, 0.25) is 0 Å². The van der Waals surface area contributed by atoms with E-state index in [9.17, 15) is 9.59 Å². The number of amides is 1. The Hall–Kier alpha value is -1.64. The summed E-state index contributed by atoms with van der Waals surface area (Å²) < 4.78 is 0. The van der Waals surface area contributed by atoms with Gasteiger partial charge in [-0.05, 0) is 50.2 Å². The fourth-order valence-corrected chi connectivity index (χ4v) is 3.62. The highest BCUT2D eigenvalue weighted by atomic mass is 16.2. The zero-order valence-corrected chi connectivity index (χ0v) is 11.2. The van der Waals surface area contributed by atoms with Gasteiger partial charge in [-0.1, -0.05) is 18.6 Å². The number of nitrogens with one attached hydrogen (secondary N) is 1. The highest BCUT2D eigenvalue weighted by Crippen LogP contribution is 2.48. The molecule has 2 saturated carbocycles. The molecule has 0 unspecified atom stereocenters. The minimum Gasteiger partial charge on any atom is -0.326 e. The van der Waals surface area contributed by atoms with Crippen LogP contribution >= 0.6 is 0 Å². The topological polar surface area (TPSA) is 46.2 Å². The molecule has 2 aliphatic carbocycles. The summed E-state index contributed by atoms with van der Waals surface area (Å²) in [7, 11) is 0. The van der Waals surface area contributed by atoms with Crippen molar-refractivity contribution in [1.29, 1.82) is 0 Å². The molecule has 2 aliphatic rings. The molecule has 0 saturated heterocycles. The molecule has 0 heterocycles. The van der Waals surface area contributed by atoms with E-state index in [0.29, 0.717) is 11.5 Å². The molecule has 1 amide bonds. The summed E-state index contributed by atoms with van der Waals surface area (Å²) in [5.41, 5.74) is 1.38. The zero-order valence-electron chi connectivity index (χ0n) is 11.2. The van der Waals surface area contributed by atoms with Crippen LogP contribution in [0, 0.1) is 17.8 Å². The smallest absolute Gasteiger partial charge is 0.227 e. The maximum absolute atomic E-state index is 12.3. The molecule has 1 aromatic carbocycles. The van der Waals surface area contributed by atoms with Gasteiger partial charge in [0.15, 0.2) is 5.78 Å². The van der Waals surface area contributed by atoms with E-state index in [0.717, 1.165) is 18.0 Å². The number of carbonyl (C=O) groups is 2. The Morgan fingerprint density at radius 3 is 2.68 bits per heavy atom. The van der Waals surface area contributed by atoms with Crippen LogP contribution in [0.4, 0.5) is 5.69 Å². The van der Waals surface area contributed by atoms with Gasteiger partial charge in [-0.3, -0.25) is 9.59 Å². The quantitative estimate of drug-likeness (QED) is 0.845. The van der Waals surface area contributed by atoms with Gasteiger partial charge >= 0.3 is 0 Å². The minimum absolute atomic E-state index is 0.0241. The maximum atomic E-state index is 12.3. The maximum Gasteiger partial charge on any atom is 0.227 e. The Bertz CT molecular complexity index is 523. The third-order valence-corrected chi connectivity index (χ3v) is 4.61. The lowest BCUT2D eigenvalue weighted by Gasteiger charge is -2.20. The Morgan fingerprint density at radius 1 is 1.21 bits per heavy atom. The number of anilines is 1. The Kier molecular flexibility index (Phi) is 3.13. The third-order valence-electron chi connectivity index (χ3n) is 4.61. The number of hydrogen-bond acceptors (Lipinski definition) is 2. The molecule has 2 fully saturated rings. The molecule has 3 atom stereocenters. The highest BCUT2D eigenvalue weighted by molar-refractivity contribution is 5.97. The van der Waals surface area contributed by atoms with Crippen molar-refractivity contribution in [2.75, 3.05) is 5.32 Å². The van der Waals surface area contributed by atoms with Crippen molar-refractivity contribution in [3.05, 3.63) is 29.8 Å². The van der Waals surface area contributed by atoms with Gasteiger partial charge in [-0.25, -0.2) is 0 Å². The largest absolute Gasteiger partial charge is 0.326 e. The molecule has 0 radical (unpaired) electrons. The van der Waals surface area contributed by atoms with E-state index in [4.69, 9.17) is 0 Å². The molecule has 1 N–H and O–H groups in total. The van der Waals surface area contributed by atoms with E-state index < -0.39 is 0 Å². The predicted molar refractivity (Wildman–Crippen MR) is 74.0 cm³/mol. The average molecular weight is 257 g/mol. The first-order valence-electron chi connectivity index (χ1n) is 7.05. The Labute approximate surface area is 113 Å². The summed E-state index contributed by atoms with van der Waals surface area (Å²) in [6, 6.07) is 7.19. The van der Waals surface area contributed by atoms with E-state index in [1.54, 1.807) is 12.1 Å². The molecule has 3 rings (SSSR count). The summed E-state index contributed by atoms with van der Waals surface area (Å²) in [6.07, 6.45) is 4.78. The molecule has 100 valence electrons. The lowest BCUT2D eigenvalue weighted by Crippen LogP contribution is -2.27. The van der Waals surface area contributed by atoms with Crippen LogP contribution in [0.15, 0.2) is 24.3 Å². The molecule has 0 aromatic heterocycles. The van der Waals surface area contributed by atoms with E-state index in [2.05, 4.69) is 5.32 Å². The fourth-order valence-electron chi connectivity index (χ4n) is 3.62. The summed E-state index contributed by atoms with van der Waals surface area (Å²) in [6.45, 7) is 1.54. The van der Waals surface area contributed by atoms with Crippen LogP contribution in [-0.2, 0) is 4.79 Å². The van der Waals surface area contributed by atoms with E-state index in [1.165, 1.54) is 26.2 Å². The molecule has 2 bridgehead atoms. The van der Waals surface area contributed by atoms with Gasteiger partial charge in [-0.2, -0.15) is 0 Å². The third kappa shape index (κ3) is 2.42. The SMILES string of the molecule is CC(=O)c1cccc(NC(=O)[C@H]2C[C@H]3CC[C@@H]2C3)c1. The summed E-state index contributed by atoms with van der Waals surface area (Å²) in [4.78, 5) is 23.6. The van der Waals surface area contributed by atoms with Crippen LogP contribution in [0.1, 0.15) is 43.0 Å². The predicted octanol–water partition coefficient (Wildman–Crippen LogP) is 3.26. The molecule has 3 heteroatoms. The fraction of sp³-hybridized carbons (Fsp3) is 0.500. The minimum atomic E-state index is 0.0241. The standard InChI is InChI=1S/C16H19NO2/c1-10(18)12-3-2-4-14(9-12)17-16(19)15-8-11-5-6-13(15)7-11/h2-4,9,11,13,15H,5-8H2,1H3,(H,17,19)/t11-,13+,15-/m0/s1. The molecule has 0 aliphatic heterocycles. The lowest BCUT2D eigenvalue weighted by molar-refractivity contribution is -0.121. The van der Waals surface area contributed by atoms with Crippen LogP contribution in [0.3, 0.4) is 0 Å². The second kappa shape index (κ2) is 4.80. The van der Waals surface area contributed by atoms with Crippen molar-refractivity contribution in [2.24, 2.45) is 17.8 Å². The van der Waals surface area contributed by atoms with Crippen LogP contribution < -0.4 is 5.32 Å². The van der Waals surface area contributed by atoms with Crippen molar-refractivity contribution in [1.82, 2.24) is 0 Å². The van der Waals surface area contributed by atoms with Gasteiger partial charge in [0, 0.05) is 17.2 Å². The number of fused-ring (bicyclic) bond motifs is 2. The van der Waals surface area contributed by atoms with Gasteiger partial charge in [-0.15, -0.1) is 0 Å². The van der Waals surface area contributed by atoms with Crippen LogP contribution in [0.5, 0.6) is 0 Å². The number of rotatable bonds is 3. The number of carbonyl (C=O) groups excluding carboxylic acids is 2. The normalized spacial score (nSPS) is 28.4. The second-order valence-electron chi connectivity index (χ2n) is 5.91. The van der Waals surface area contributed by atoms with Gasteiger partial charge in [0.2, 0.25) is 5.91 Å². The first-order valence-corrected chi connectivity index (χ1v) is 7.05. The second-order valence-corrected chi connectivity index (χ2v) is 5.91. The Balaban J connectivity index is 1.69. The molecule has 1 aromatic rings.